The van der Waals surface area contributed by atoms with E-state index < -0.39 is 60.5 Å². The van der Waals surface area contributed by atoms with Crippen molar-refractivity contribution in [3.8, 4) is 0 Å². The number of nitrogens with zero attached hydrogens (tertiary/aromatic N) is 2. The summed E-state index contributed by atoms with van der Waals surface area (Å²) in [6.07, 6.45) is -3.84. The van der Waals surface area contributed by atoms with Crippen LogP contribution in [0.25, 0.3) is 0 Å². The van der Waals surface area contributed by atoms with E-state index in [9.17, 15) is 9.36 Å². The van der Waals surface area contributed by atoms with Crippen LogP contribution in [-0.2, 0) is 27.2 Å². The highest BCUT2D eigenvalue weighted by molar-refractivity contribution is 7.55. The van der Waals surface area contributed by atoms with Crippen molar-refractivity contribution < 1.29 is 36.0 Å². The maximum Gasteiger partial charge on any atom is 0.434 e. The van der Waals surface area contributed by atoms with Crippen LogP contribution in [0.3, 0.4) is 0 Å². The van der Waals surface area contributed by atoms with Crippen molar-refractivity contribution in [2.24, 2.45) is 0 Å². The molecule has 16 heteroatoms. The van der Waals surface area contributed by atoms with E-state index in [2.05, 4.69) is 30.8 Å². The first-order valence-electron chi connectivity index (χ1n) is 15.4. The van der Waals surface area contributed by atoms with Gasteiger partial charge in [0.25, 0.3) is 0 Å². The summed E-state index contributed by atoms with van der Waals surface area (Å²) >= 11 is 6.10. The van der Waals surface area contributed by atoms with Crippen LogP contribution in [0.2, 0.25) is 41.3 Å². The highest BCUT2D eigenvalue weighted by atomic mass is 35.5. The molecular formula is C30H47ClF2N3O7PSi2. The standard InChI is InChI=1S/C30H47ClF2N3O7PSi2/c1-28(2,3)45(7,8)40-19-23-25(43-46(9,10)29(4,5)6)30(32,33)26(41-23)36-16-14-24(34-27(36)37)35-44(38)39-17-15-22(42-44)20-12-11-13-21(31)18-20/h11-14,16,18,22-23,25-26H,15,17,19H2,1-10H3,(H,34,35,37,38)/t22?,23-,25?,26-,44?/m1/s1. The second kappa shape index (κ2) is 13.1. The quantitative estimate of drug-likeness (QED) is 0.201. The molecule has 46 heavy (non-hydrogen) atoms. The van der Waals surface area contributed by atoms with E-state index in [4.69, 9.17) is 34.2 Å². The number of alkyl halides is 2. The van der Waals surface area contributed by atoms with Crippen LogP contribution in [-0.4, -0.2) is 57.5 Å². The number of rotatable bonds is 9. The molecule has 3 heterocycles. The maximum absolute atomic E-state index is 16.4. The van der Waals surface area contributed by atoms with Crippen LogP contribution in [0.1, 0.15) is 65.9 Å². The van der Waals surface area contributed by atoms with Gasteiger partial charge in [-0.15, -0.1) is 0 Å². The van der Waals surface area contributed by atoms with E-state index in [-0.39, 0.29) is 29.1 Å². The monoisotopic (exact) mass is 721 g/mol. The zero-order valence-electron chi connectivity index (χ0n) is 28.2. The Morgan fingerprint density at radius 3 is 2.35 bits per heavy atom. The number of aromatic nitrogens is 2. The van der Waals surface area contributed by atoms with Crippen LogP contribution >= 0.6 is 19.3 Å². The highest BCUT2D eigenvalue weighted by Gasteiger charge is 2.63. The lowest BCUT2D eigenvalue weighted by Gasteiger charge is -2.41. The van der Waals surface area contributed by atoms with Crippen molar-refractivity contribution >= 4 is 41.8 Å². The van der Waals surface area contributed by atoms with Crippen molar-refractivity contribution in [3.05, 3.63) is 57.6 Å². The lowest BCUT2D eigenvalue weighted by molar-refractivity contribution is -0.138. The van der Waals surface area contributed by atoms with Crippen molar-refractivity contribution in [3.63, 3.8) is 0 Å². The molecule has 0 radical (unpaired) electrons. The fourth-order valence-electron chi connectivity index (χ4n) is 4.57. The summed E-state index contributed by atoms with van der Waals surface area (Å²) in [5.41, 5.74) is -0.329. The molecule has 0 bridgehead atoms. The molecule has 258 valence electrons. The number of nitrogens with one attached hydrogen (secondary N) is 1. The smallest absolute Gasteiger partial charge is 0.414 e. The molecule has 1 aromatic carbocycles. The molecule has 0 amide bonds. The van der Waals surface area contributed by atoms with Crippen LogP contribution < -0.4 is 10.8 Å². The molecule has 3 unspecified atom stereocenters. The second-order valence-corrected chi connectivity index (χ2v) is 26.6. The van der Waals surface area contributed by atoms with Crippen LogP contribution in [0.5, 0.6) is 0 Å². The predicted octanol–water partition coefficient (Wildman–Crippen LogP) is 8.54. The topological polar surface area (TPSA) is 110 Å². The molecule has 2 saturated heterocycles. The molecule has 2 aromatic rings. The number of halogens is 3. The zero-order valence-corrected chi connectivity index (χ0v) is 31.9. The fourth-order valence-corrected chi connectivity index (χ4v) is 8.57. The molecule has 2 aliphatic rings. The first-order valence-corrected chi connectivity index (χ1v) is 23.1. The summed E-state index contributed by atoms with van der Waals surface area (Å²) in [7, 11) is -9.02. The average Bonchev–Trinajstić information content (AvgIpc) is 3.15. The highest BCUT2D eigenvalue weighted by Crippen LogP contribution is 2.55. The molecule has 1 N–H and O–H groups in total. The van der Waals surface area contributed by atoms with Gasteiger partial charge in [0.2, 0.25) is 6.23 Å². The van der Waals surface area contributed by atoms with Gasteiger partial charge < -0.3 is 13.6 Å². The number of benzene rings is 1. The Balaban J connectivity index is 1.59. The Bertz CT molecular complexity index is 1520. The Morgan fingerprint density at radius 2 is 1.76 bits per heavy atom. The SMILES string of the molecule is CC(C)(C)[Si](C)(C)OC[C@H]1O[C@@H](n2ccc(NP3(=O)OCCC(c4cccc(Cl)c4)O3)nc2=O)C(F)(F)C1O[Si](C)(C)C(C)(C)C. The van der Waals surface area contributed by atoms with Gasteiger partial charge in [0.1, 0.15) is 18.0 Å². The van der Waals surface area contributed by atoms with E-state index in [1.165, 1.54) is 6.07 Å². The fraction of sp³-hybridized carbons (Fsp3) is 0.667. The Kier molecular flexibility index (Phi) is 10.6. The Labute approximate surface area is 277 Å². The van der Waals surface area contributed by atoms with Gasteiger partial charge >= 0.3 is 19.4 Å². The van der Waals surface area contributed by atoms with Crippen molar-refractivity contribution in [2.45, 2.75) is 115 Å². The van der Waals surface area contributed by atoms with E-state index in [0.29, 0.717) is 17.0 Å². The summed E-state index contributed by atoms with van der Waals surface area (Å²) in [4.78, 5) is 17.1. The summed E-state index contributed by atoms with van der Waals surface area (Å²) in [5, 5.41) is 2.54. The van der Waals surface area contributed by atoms with Crippen LogP contribution in [0, 0.1) is 0 Å². The van der Waals surface area contributed by atoms with Crippen molar-refractivity contribution in [1.29, 1.82) is 0 Å². The van der Waals surface area contributed by atoms with Gasteiger partial charge in [-0.05, 0) is 60.0 Å². The Hall–Kier alpha value is -1.49. The average molecular weight is 722 g/mol. The first kappa shape index (κ1) is 37.3. The molecule has 1 aromatic heterocycles. The number of hydrogen-bond donors (Lipinski definition) is 1. The van der Waals surface area contributed by atoms with E-state index in [0.717, 1.165) is 10.8 Å². The maximum atomic E-state index is 16.4. The number of ether oxygens (including phenoxy) is 1. The molecule has 4 rings (SSSR count). The largest absolute Gasteiger partial charge is 0.434 e. The molecule has 2 aliphatic heterocycles. The molecule has 2 fully saturated rings. The molecule has 0 saturated carbocycles. The van der Waals surface area contributed by atoms with E-state index >= 15 is 8.78 Å². The summed E-state index contributed by atoms with van der Waals surface area (Å²) in [6, 6.07) is 8.21. The molecule has 10 nitrogen and oxygen atoms in total. The van der Waals surface area contributed by atoms with Gasteiger partial charge in [-0.1, -0.05) is 65.3 Å². The zero-order chi connectivity index (χ0) is 34.5. The summed E-state index contributed by atoms with van der Waals surface area (Å²) < 4.78 is 76.6. The minimum atomic E-state index is -3.97. The molecule has 0 spiro atoms. The first-order chi connectivity index (χ1) is 21.0. The number of anilines is 1. The van der Waals surface area contributed by atoms with Gasteiger partial charge in [0, 0.05) is 17.6 Å². The van der Waals surface area contributed by atoms with Gasteiger partial charge in [0.05, 0.1) is 19.3 Å². The van der Waals surface area contributed by atoms with Crippen molar-refractivity contribution in [2.75, 3.05) is 18.3 Å². The minimum Gasteiger partial charge on any atom is -0.414 e. The lowest BCUT2D eigenvalue weighted by Crippen LogP contribution is -2.53. The molecular weight excluding hydrogens is 675 g/mol. The Morgan fingerprint density at radius 1 is 1.11 bits per heavy atom. The van der Waals surface area contributed by atoms with E-state index in [1.54, 1.807) is 24.3 Å². The van der Waals surface area contributed by atoms with Crippen LogP contribution in [0.4, 0.5) is 14.6 Å². The van der Waals surface area contributed by atoms with Gasteiger partial charge in [-0.25, -0.2) is 9.36 Å². The van der Waals surface area contributed by atoms with E-state index in [1.807, 2.05) is 47.0 Å². The molecule has 0 aliphatic carbocycles. The molecule has 5 atom stereocenters. The predicted molar refractivity (Wildman–Crippen MR) is 180 cm³/mol. The van der Waals surface area contributed by atoms with Gasteiger partial charge in [-0.3, -0.25) is 18.7 Å². The van der Waals surface area contributed by atoms with Crippen LogP contribution in [0.15, 0.2) is 41.3 Å². The lowest BCUT2D eigenvalue weighted by atomic mass is 10.1. The summed E-state index contributed by atoms with van der Waals surface area (Å²) in [5.74, 6) is -3.77. The normalized spacial score (nSPS) is 27.5. The van der Waals surface area contributed by atoms with Gasteiger partial charge in [-0.2, -0.15) is 13.8 Å². The third-order valence-electron chi connectivity index (χ3n) is 9.45. The summed E-state index contributed by atoms with van der Waals surface area (Å²) in [6.45, 7) is 19.9. The van der Waals surface area contributed by atoms with Gasteiger partial charge in [0.15, 0.2) is 16.6 Å². The van der Waals surface area contributed by atoms with Crippen molar-refractivity contribution in [1.82, 2.24) is 9.55 Å². The third-order valence-corrected chi connectivity index (χ3v) is 20.2. The minimum absolute atomic E-state index is 0.106. The number of hydrogen-bond acceptors (Lipinski definition) is 8. The second-order valence-electron chi connectivity index (χ2n) is 15.0. The third kappa shape index (κ3) is 8.03.